The van der Waals surface area contributed by atoms with E-state index in [1.165, 1.54) is 34.1 Å². The standard InChI is InChI=1S/C29H33N7O7/c1-33(28(38)42-20-23-7-9-24(10-8-23)36(40)41)15-16-34(2)29(39)43-25-12-14-35(18-25)27-30-13-11-26(32-27)31-17-21-3-5-22(19-37)6-4-21/h3-11,13,19,25H,12,14-18,20H2,1-2H3,(H,30,31,32)/t25-/m1/s1. The van der Waals surface area contributed by atoms with Crippen LogP contribution in [0.1, 0.15) is 27.9 Å². The smallest absolute Gasteiger partial charge is 0.409 e. The Morgan fingerprint density at radius 3 is 2.40 bits per heavy atom. The number of nitrogens with zero attached hydrogens (tertiary/aromatic N) is 6. The van der Waals surface area contributed by atoms with Gasteiger partial charge in [-0.2, -0.15) is 4.98 Å². The van der Waals surface area contributed by atoms with Gasteiger partial charge in [-0.1, -0.05) is 24.3 Å². The molecule has 14 nitrogen and oxygen atoms in total. The number of hydrogen-bond donors (Lipinski definition) is 1. The molecule has 0 bridgehead atoms. The number of nitrogens with one attached hydrogen (secondary N) is 1. The average molecular weight is 592 g/mol. The molecule has 0 spiro atoms. The van der Waals surface area contributed by atoms with Crippen LogP contribution < -0.4 is 10.2 Å². The van der Waals surface area contributed by atoms with Crippen LogP contribution >= 0.6 is 0 Å². The SMILES string of the molecule is CN(CCN(C)C(=O)O[C@@H]1CCN(c2nccc(NCc3ccc(C=O)cc3)n2)C1)C(=O)OCc1ccc([N+](=O)[O-])cc1. The van der Waals surface area contributed by atoms with Gasteiger partial charge in [-0.3, -0.25) is 14.9 Å². The number of carbonyl (C=O) groups excluding carboxylic acids is 3. The van der Waals surface area contributed by atoms with Gasteiger partial charge >= 0.3 is 12.2 Å². The van der Waals surface area contributed by atoms with Crippen molar-refractivity contribution in [3.63, 3.8) is 0 Å². The van der Waals surface area contributed by atoms with E-state index < -0.39 is 17.1 Å². The lowest BCUT2D eigenvalue weighted by atomic mass is 10.1. The Morgan fingerprint density at radius 1 is 1.05 bits per heavy atom. The fourth-order valence-corrected chi connectivity index (χ4v) is 4.20. The third-order valence-corrected chi connectivity index (χ3v) is 6.83. The molecule has 0 saturated carbocycles. The Labute approximate surface area is 248 Å². The highest BCUT2D eigenvalue weighted by atomic mass is 16.6. The minimum Gasteiger partial charge on any atom is -0.445 e. The number of amides is 2. The highest BCUT2D eigenvalue weighted by Crippen LogP contribution is 2.20. The largest absolute Gasteiger partial charge is 0.445 e. The van der Waals surface area contributed by atoms with Crippen LogP contribution in [0.5, 0.6) is 0 Å². The lowest BCUT2D eigenvalue weighted by molar-refractivity contribution is -0.384. The van der Waals surface area contributed by atoms with Crippen LogP contribution in [0.25, 0.3) is 0 Å². The minimum atomic E-state index is -0.584. The number of non-ortho nitro benzene ring substituents is 1. The van der Waals surface area contributed by atoms with Crippen molar-refractivity contribution in [2.24, 2.45) is 0 Å². The number of likely N-dealkylation sites (N-methyl/N-ethyl adjacent to an activating group) is 2. The number of benzene rings is 2. The van der Waals surface area contributed by atoms with Crippen molar-refractivity contribution in [2.45, 2.75) is 25.7 Å². The number of carbonyl (C=O) groups is 3. The maximum absolute atomic E-state index is 12.7. The Bertz CT molecular complexity index is 1420. The van der Waals surface area contributed by atoms with E-state index in [1.54, 1.807) is 38.5 Å². The topological polar surface area (TPSA) is 160 Å². The zero-order valence-corrected chi connectivity index (χ0v) is 23.9. The summed E-state index contributed by atoms with van der Waals surface area (Å²) in [6.45, 7) is 2.03. The van der Waals surface area contributed by atoms with Crippen molar-refractivity contribution in [2.75, 3.05) is 50.5 Å². The fraction of sp³-hybridized carbons (Fsp3) is 0.345. The van der Waals surface area contributed by atoms with Crippen LogP contribution in [0.4, 0.5) is 27.0 Å². The zero-order chi connectivity index (χ0) is 30.8. The van der Waals surface area contributed by atoms with Crippen LogP contribution in [0, 0.1) is 10.1 Å². The van der Waals surface area contributed by atoms with Crippen LogP contribution in [0.15, 0.2) is 60.8 Å². The van der Waals surface area contributed by atoms with Crippen molar-refractivity contribution < 1.29 is 28.8 Å². The molecule has 1 atom stereocenters. The van der Waals surface area contributed by atoms with Crippen LogP contribution in [-0.4, -0.2) is 89.5 Å². The van der Waals surface area contributed by atoms with Gasteiger partial charge < -0.3 is 29.5 Å². The number of nitro groups is 1. The maximum Gasteiger partial charge on any atom is 0.409 e. The number of hydrogen-bond acceptors (Lipinski definition) is 11. The van der Waals surface area contributed by atoms with Gasteiger partial charge in [0.25, 0.3) is 5.69 Å². The zero-order valence-electron chi connectivity index (χ0n) is 23.9. The summed E-state index contributed by atoms with van der Waals surface area (Å²) in [5, 5.41) is 14.0. The molecule has 4 rings (SSSR count). The predicted octanol–water partition coefficient (Wildman–Crippen LogP) is 3.73. The van der Waals surface area contributed by atoms with Gasteiger partial charge in [0.2, 0.25) is 5.95 Å². The summed E-state index contributed by atoms with van der Waals surface area (Å²) in [7, 11) is 3.15. The van der Waals surface area contributed by atoms with Gasteiger partial charge in [-0.25, -0.2) is 14.6 Å². The summed E-state index contributed by atoms with van der Waals surface area (Å²) in [4.78, 5) is 59.7. The van der Waals surface area contributed by atoms with Gasteiger partial charge in [-0.15, -0.1) is 0 Å². The van der Waals surface area contributed by atoms with E-state index in [4.69, 9.17) is 9.47 Å². The molecule has 2 heterocycles. The number of anilines is 2. The summed E-state index contributed by atoms with van der Waals surface area (Å²) in [5.41, 5.74) is 2.20. The Kier molecular flexibility index (Phi) is 10.4. The van der Waals surface area contributed by atoms with Crippen molar-refractivity contribution in [1.82, 2.24) is 19.8 Å². The molecule has 1 fully saturated rings. The first-order chi connectivity index (χ1) is 20.7. The first kappa shape index (κ1) is 30.7. The van der Waals surface area contributed by atoms with Crippen LogP contribution in [0.3, 0.4) is 0 Å². The Morgan fingerprint density at radius 2 is 1.72 bits per heavy atom. The molecule has 2 amide bonds. The second-order valence-corrected chi connectivity index (χ2v) is 10.0. The van der Waals surface area contributed by atoms with E-state index in [1.807, 2.05) is 17.0 Å². The summed E-state index contributed by atoms with van der Waals surface area (Å²) in [6, 6.07) is 14.8. The van der Waals surface area contributed by atoms with E-state index in [9.17, 15) is 24.5 Å². The first-order valence-electron chi connectivity index (χ1n) is 13.6. The third-order valence-electron chi connectivity index (χ3n) is 6.83. The molecule has 1 aromatic heterocycles. The van der Waals surface area contributed by atoms with E-state index in [0.717, 1.165) is 11.8 Å². The normalized spacial score (nSPS) is 14.1. The molecule has 0 aliphatic carbocycles. The monoisotopic (exact) mass is 591 g/mol. The van der Waals surface area contributed by atoms with Crippen molar-refractivity contribution in [3.8, 4) is 0 Å². The van der Waals surface area contributed by atoms with Gasteiger partial charge in [0.05, 0.1) is 11.5 Å². The van der Waals surface area contributed by atoms with Gasteiger partial charge in [0, 0.05) is 70.6 Å². The molecule has 0 unspecified atom stereocenters. The molecule has 43 heavy (non-hydrogen) atoms. The summed E-state index contributed by atoms with van der Waals surface area (Å²) in [6.07, 6.45) is 1.67. The second-order valence-electron chi connectivity index (χ2n) is 10.0. The summed E-state index contributed by atoms with van der Waals surface area (Å²) >= 11 is 0. The van der Waals surface area contributed by atoms with Gasteiger partial charge in [0.15, 0.2) is 0 Å². The van der Waals surface area contributed by atoms with Gasteiger partial charge in [-0.05, 0) is 29.3 Å². The van der Waals surface area contributed by atoms with E-state index in [0.29, 0.717) is 48.9 Å². The average Bonchev–Trinajstić information content (AvgIpc) is 3.50. The molecule has 1 aliphatic heterocycles. The molecule has 1 N–H and O–H groups in total. The highest BCUT2D eigenvalue weighted by molar-refractivity contribution is 5.74. The predicted molar refractivity (Wildman–Crippen MR) is 157 cm³/mol. The summed E-state index contributed by atoms with van der Waals surface area (Å²) < 4.78 is 10.9. The molecule has 226 valence electrons. The number of aromatic nitrogens is 2. The van der Waals surface area contributed by atoms with Crippen molar-refractivity contribution >= 4 is 35.9 Å². The van der Waals surface area contributed by atoms with Crippen LogP contribution in [-0.2, 0) is 22.6 Å². The number of ether oxygens (including phenoxy) is 2. The van der Waals surface area contributed by atoms with E-state index in [-0.39, 0.29) is 31.5 Å². The molecule has 1 aliphatic rings. The lowest BCUT2D eigenvalue weighted by Gasteiger charge is -2.23. The highest BCUT2D eigenvalue weighted by Gasteiger charge is 2.28. The fourth-order valence-electron chi connectivity index (χ4n) is 4.20. The molecular weight excluding hydrogens is 558 g/mol. The van der Waals surface area contributed by atoms with Gasteiger partial charge in [0.1, 0.15) is 24.8 Å². The summed E-state index contributed by atoms with van der Waals surface area (Å²) in [5.74, 6) is 1.18. The molecule has 2 aromatic carbocycles. The van der Waals surface area contributed by atoms with Crippen molar-refractivity contribution in [3.05, 3.63) is 87.6 Å². The maximum atomic E-state index is 12.7. The van der Waals surface area contributed by atoms with Crippen LogP contribution in [0.2, 0.25) is 0 Å². The minimum absolute atomic E-state index is 0.0316. The third kappa shape index (κ3) is 8.86. The number of rotatable bonds is 12. The molecule has 0 radical (unpaired) electrons. The first-order valence-corrected chi connectivity index (χ1v) is 13.6. The number of aldehydes is 1. The molecular formula is C29H33N7O7. The molecule has 3 aromatic rings. The molecule has 14 heteroatoms. The molecule has 1 saturated heterocycles. The van der Waals surface area contributed by atoms with E-state index >= 15 is 0 Å². The lowest BCUT2D eigenvalue weighted by Crippen LogP contribution is -2.39. The Hall–Kier alpha value is -5.27. The second kappa shape index (κ2) is 14.6. The quantitative estimate of drug-likeness (QED) is 0.186. The van der Waals surface area contributed by atoms with E-state index in [2.05, 4.69) is 15.3 Å². The Balaban J connectivity index is 1.17. The number of nitro benzene ring substituents is 1. The van der Waals surface area contributed by atoms with Crippen molar-refractivity contribution in [1.29, 1.82) is 0 Å².